The van der Waals surface area contributed by atoms with Crippen molar-refractivity contribution in [1.29, 1.82) is 0 Å². The molecule has 4 nitrogen and oxygen atoms in total. The third-order valence-electron chi connectivity index (χ3n) is 5.67. The van der Waals surface area contributed by atoms with Gasteiger partial charge in [-0.15, -0.1) is 0 Å². The van der Waals surface area contributed by atoms with E-state index in [1.54, 1.807) is 12.0 Å². The summed E-state index contributed by atoms with van der Waals surface area (Å²) in [4.78, 5) is 13.8. The van der Waals surface area contributed by atoms with Crippen molar-refractivity contribution in [3.63, 3.8) is 0 Å². The van der Waals surface area contributed by atoms with E-state index in [9.17, 15) is 4.79 Å². The van der Waals surface area contributed by atoms with Crippen LogP contribution in [0.5, 0.6) is 0 Å². The van der Waals surface area contributed by atoms with Crippen LogP contribution in [0.1, 0.15) is 37.0 Å². The van der Waals surface area contributed by atoms with Crippen LogP contribution < -0.4 is 5.32 Å². The Hall–Kier alpha value is -2.33. The highest BCUT2D eigenvalue weighted by atomic mass is 16.5. The van der Waals surface area contributed by atoms with Crippen LogP contribution in [0.4, 0.5) is 5.69 Å². The topological polar surface area (TPSA) is 41.6 Å². The minimum absolute atomic E-state index is 0.100. The molecule has 1 amide bonds. The number of amides is 1. The normalized spacial score (nSPS) is 17.4. The van der Waals surface area contributed by atoms with Crippen molar-refractivity contribution in [3.8, 4) is 0 Å². The smallest absolute Gasteiger partial charge is 0.224 e. The number of ether oxygens (including phenoxy) is 1. The van der Waals surface area contributed by atoms with E-state index >= 15 is 0 Å². The third kappa shape index (κ3) is 4.33. The van der Waals surface area contributed by atoms with E-state index in [4.69, 9.17) is 4.74 Å². The quantitative estimate of drug-likeness (QED) is 0.805. The molecule has 0 aromatic heterocycles. The second-order valence-electron chi connectivity index (χ2n) is 7.97. The molecule has 0 saturated carbocycles. The second kappa shape index (κ2) is 8.13. The van der Waals surface area contributed by atoms with E-state index in [0.717, 1.165) is 17.7 Å². The zero-order chi connectivity index (χ0) is 19.4. The first kappa shape index (κ1) is 19.4. The molecule has 0 radical (unpaired) electrons. The van der Waals surface area contributed by atoms with Crippen LogP contribution >= 0.6 is 0 Å². The average Bonchev–Trinajstić information content (AvgIpc) is 2.91. The predicted octanol–water partition coefficient (Wildman–Crippen LogP) is 4.00. The van der Waals surface area contributed by atoms with Gasteiger partial charge >= 0.3 is 0 Å². The summed E-state index contributed by atoms with van der Waals surface area (Å²) in [5, 5.41) is 3.71. The number of anilines is 1. The Balaban J connectivity index is 1.61. The predicted molar refractivity (Wildman–Crippen MR) is 110 cm³/mol. The van der Waals surface area contributed by atoms with Gasteiger partial charge < -0.3 is 15.0 Å². The van der Waals surface area contributed by atoms with Gasteiger partial charge in [-0.2, -0.15) is 0 Å². The van der Waals surface area contributed by atoms with E-state index in [2.05, 4.69) is 67.7 Å². The lowest BCUT2D eigenvalue weighted by atomic mass is 9.83. The Morgan fingerprint density at radius 3 is 2.56 bits per heavy atom. The van der Waals surface area contributed by atoms with Crippen LogP contribution in [-0.4, -0.2) is 37.6 Å². The van der Waals surface area contributed by atoms with Gasteiger partial charge in [0, 0.05) is 37.8 Å². The number of benzene rings is 2. The maximum absolute atomic E-state index is 12.0. The molecular weight excluding hydrogens is 336 g/mol. The van der Waals surface area contributed by atoms with E-state index in [1.807, 2.05) is 7.05 Å². The number of hydrogen-bond donors (Lipinski definition) is 1. The monoisotopic (exact) mass is 366 g/mol. The maximum atomic E-state index is 12.0. The molecule has 0 heterocycles. The van der Waals surface area contributed by atoms with Crippen molar-refractivity contribution in [2.24, 2.45) is 0 Å². The third-order valence-corrected chi connectivity index (χ3v) is 5.67. The van der Waals surface area contributed by atoms with E-state index in [1.165, 1.54) is 11.1 Å². The fourth-order valence-electron chi connectivity index (χ4n) is 3.87. The molecule has 1 N–H and O–H groups in total. The largest absolute Gasteiger partial charge is 0.384 e. The summed E-state index contributed by atoms with van der Waals surface area (Å²) < 4.78 is 4.98. The molecule has 0 spiro atoms. The highest BCUT2D eigenvalue weighted by Gasteiger charge is 2.38. The number of carbonyl (C=O) groups is 1. The fraction of sp³-hybridized carbons (Fsp3) is 0.435. The Kier molecular flexibility index (Phi) is 5.85. The van der Waals surface area contributed by atoms with Gasteiger partial charge in [-0.25, -0.2) is 0 Å². The van der Waals surface area contributed by atoms with Crippen LogP contribution in [0.2, 0.25) is 0 Å². The van der Waals surface area contributed by atoms with Crippen molar-refractivity contribution < 1.29 is 9.53 Å². The van der Waals surface area contributed by atoms with Gasteiger partial charge in [0.1, 0.15) is 0 Å². The van der Waals surface area contributed by atoms with Crippen molar-refractivity contribution in [3.05, 3.63) is 65.2 Å². The summed E-state index contributed by atoms with van der Waals surface area (Å²) in [6.07, 6.45) is 1.46. The summed E-state index contributed by atoms with van der Waals surface area (Å²) in [5.74, 6) is 0.101. The van der Waals surface area contributed by atoms with Crippen LogP contribution in [0.15, 0.2) is 48.5 Å². The summed E-state index contributed by atoms with van der Waals surface area (Å²) in [6, 6.07) is 17.5. The van der Waals surface area contributed by atoms with Gasteiger partial charge in [0.15, 0.2) is 0 Å². The molecule has 0 aliphatic heterocycles. The van der Waals surface area contributed by atoms with Gasteiger partial charge in [0.25, 0.3) is 0 Å². The highest BCUT2D eigenvalue weighted by Crippen LogP contribution is 2.39. The van der Waals surface area contributed by atoms with E-state index in [0.29, 0.717) is 25.6 Å². The first-order valence-electron chi connectivity index (χ1n) is 9.58. The molecule has 27 heavy (non-hydrogen) atoms. The molecule has 2 aromatic carbocycles. The Morgan fingerprint density at radius 1 is 1.19 bits per heavy atom. The Morgan fingerprint density at radius 2 is 1.89 bits per heavy atom. The number of methoxy groups -OCH3 is 1. The number of nitrogens with zero attached hydrogens (tertiary/aromatic N) is 1. The zero-order valence-corrected chi connectivity index (χ0v) is 16.8. The van der Waals surface area contributed by atoms with E-state index in [-0.39, 0.29) is 11.3 Å². The van der Waals surface area contributed by atoms with Crippen molar-refractivity contribution in [1.82, 2.24) is 4.90 Å². The summed E-state index contributed by atoms with van der Waals surface area (Å²) in [6.45, 7) is 5.70. The molecule has 2 aromatic rings. The highest BCUT2D eigenvalue weighted by molar-refractivity contribution is 5.76. The number of fused-ring (bicyclic) bond motifs is 1. The molecule has 1 aliphatic rings. The van der Waals surface area contributed by atoms with Gasteiger partial charge in [-0.05, 0) is 35.2 Å². The van der Waals surface area contributed by atoms with Crippen molar-refractivity contribution in [2.75, 3.05) is 26.1 Å². The fourth-order valence-corrected chi connectivity index (χ4v) is 3.87. The minimum atomic E-state index is 0.100. The van der Waals surface area contributed by atoms with Crippen LogP contribution in [0, 0.1) is 0 Å². The van der Waals surface area contributed by atoms with Crippen molar-refractivity contribution in [2.45, 2.75) is 44.7 Å². The molecule has 1 unspecified atom stereocenters. The minimum Gasteiger partial charge on any atom is -0.384 e. The molecule has 0 bridgehead atoms. The number of hydrogen-bond acceptors (Lipinski definition) is 3. The summed E-state index contributed by atoms with van der Waals surface area (Å²) in [5.41, 5.74) is 5.23. The molecule has 0 fully saturated rings. The first-order chi connectivity index (χ1) is 12.9. The zero-order valence-electron chi connectivity index (χ0n) is 16.8. The average molecular weight is 367 g/mol. The number of nitrogens with one attached hydrogen (secondary N) is 1. The summed E-state index contributed by atoms with van der Waals surface area (Å²) in [7, 11) is 3.45. The van der Waals surface area contributed by atoms with Gasteiger partial charge in [0.2, 0.25) is 5.91 Å². The van der Waals surface area contributed by atoms with Gasteiger partial charge in [-0.3, -0.25) is 4.79 Å². The molecule has 144 valence electrons. The van der Waals surface area contributed by atoms with Crippen LogP contribution in [0.3, 0.4) is 0 Å². The van der Waals surface area contributed by atoms with Crippen LogP contribution in [0.25, 0.3) is 0 Å². The lowest BCUT2D eigenvalue weighted by Gasteiger charge is -2.30. The Labute approximate surface area is 162 Å². The lowest BCUT2D eigenvalue weighted by Crippen LogP contribution is -2.36. The maximum Gasteiger partial charge on any atom is 0.224 e. The lowest BCUT2D eigenvalue weighted by molar-refractivity contribution is -0.131. The Bertz CT molecular complexity index is 783. The van der Waals surface area contributed by atoms with Gasteiger partial charge in [0.05, 0.1) is 13.0 Å². The molecular formula is C23H30N2O2. The van der Waals surface area contributed by atoms with Crippen molar-refractivity contribution >= 4 is 11.6 Å². The molecule has 3 rings (SSSR count). The first-order valence-corrected chi connectivity index (χ1v) is 9.58. The molecule has 1 aliphatic carbocycles. The number of carbonyl (C=O) groups excluding carboxylic acids is 1. The summed E-state index contributed by atoms with van der Waals surface area (Å²) >= 11 is 0. The molecule has 0 saturated heterocycles. The van der Waals surface area contributed by atoms with Crippen LogP contribution in [-0.2, 0) is 27.9 Å². The standard InChI is InChI=1S/C23H30N2O2/c1-23(2)20-8-6-5-7-18(20)15-21(23)24-19-11-9-17(10-12-19)16-25(3)22(26)13-14-27-4/h5-12,21,24H,13-16H2,1-4H3. The number of rotatable bonds is 7. The SMILES string of the molecule is COCCC(=O)N(C)Cc1ccc(NC2Cc3ccccc3C2(C)C)cc1. The molecule has 1 atom stereocenters. The molecule has 4 heteroatoms. The van der Waals surface area contributed by atoms with Gasteiger partial charge in [-0.1, -0.05) is 50.2 Å². The second-order valence-corrected chi connectivity index (χ2v) is 7.97. The van der Waals surface area contributed by atoms with E-state index < -0.39 is 0 Å².